The molecule has 0 radical (unpaired) electrons. The van der Waals surface area contributed by atoms with E-state index in [9.17, 15) is 22.8 Å². The zero-order chi connectivity index (χ0) is 16.4. The molecule has 21 heavy (non-hydrogen) atoms. The summed E-state index contributed by atoms with van der Waals surface area (Å²) in [6.07, 6.45) is 0.832. The van der Waals surface area contributed by atoms with Crippen LogP contribution in [0.2, 0.25) is 0 Å². The molecule has 1 rings (SSSR count). The third kappa shape index (κ3) is 3.56. The fourth-order valence-electron chi connectivity index (χ4n) is 1.53. The predicted molar refractivity (Wildman–Crippen MR) is 70.5 cm³/mol. The molecule has 0 saturated carbocycles. The second-order valence-corrected chi connectivity index (χ2v) is 5.90. The first-order chi connectivity index (χ1) is 9.61. The fraction of sp³-hybridized carbons (Fsp3) is 0.500. The molecule has 0 fully saturated rings. The van der Waals surface area contributed by atoms with E-state index < -0.39 is 44.8 Å². The van der Waals surface area contributed by atoms with Gasteiger partial charge in [-0.05, 0) is 0 Å². The molecule has 1 aromatic heterocycles. The molecular formula is C10H15N3O7S. The number of ether oxygens (including phenoxy) is 1. The van der Waals surface area contributed by atoms with Gasteiger partial charge in [0.05, 0.1) is 6.61 Å². The first kappa shape index (κ1) is 17.1. The molecule has 118 valence electrons. The summed E-state index contributed by atoms with van der Waals surface area (Å²) in [5.74, 6) is -1.46. The van der Waals surface area contributed by atoms with Crippen molar-refractivity contribution in [1.29, 1.82) is 0 Å². The van der Waals surface area contributed by atoms with Crippen LogP contribution in [0, 0.1) is 0 Å². The summed E-state index contributed by atoms with van der Waals surface area (Å²) in [7, 11) is -0.832. The van der Waals surface area contributed by atoms with Crippen LogP contribution in [0.5, 0.6) is 0 Å². The molecule has 0 aliphatic carbocycles. The Bertz CT molecular complexity index is 762. The van der Waals surface area contributed by atoms with Crippen molar-refractivity contribution in [2.75, 3.05) is 13.7 Å². The third-order valence-electron chi connectivity index (χ3n) is 2.63. The average molecular weight is 321 g/mol. The maximum atomic E-state index is 12.1. The van der Waals surface area contributed by atoms with Crippen LogP contribution in [0.1, 0.15) is 0 Å². The molecule has 1 aromatic rings. The van der Waals surface area contributed by atoms with Gasteiger partial charge in [-0.2, -0.15) is 4.72 Å². The Hall–Kier alpha value is -1.98. The number of aryl methyl sites for hydroxylation is 1. The van der Waals surface area contributed by atoms with Crippen molar-refractivity contribution >= 4 is 16.0 Å². The van der Waals surface area contributed by atoms with Crippen LogP contribution >= 0.6 is 0 Å². The average Bonchev–Trinajstić information content (AvgIpc) is 2.39. The summed E-state index contributed by atoms with van der Waals surface area (Å²) in [5, 5.41) is 8.89. The zero-order valence-corrected chi connectivity index (χ0v) is 12.4. The molecular weight excluding hydrogens is 306 g/mol. The van der Waals surface area contributed by atoms with Crippen molar-refractivity contribution in [3.8, 4) is 0 Å². The van der Waals surface area contributed by atoms with Gasteiger partial charge in [-0.1, -0.05) is 0 Å². The fourth-order valence-corrected chi connectivity index (χ4v) is 2.87. The van der Waals surface area contributed by atoms with E-state index in [0.717, 1.165) is 17.8 Å². The Kier molecular flexibility index (Phi) is 5.04. The van der Waals surface area contributed by atoms with Crippen LogP contribution in [0.4, 0.5) is 0 Å². The summed E-state index contributed by atoms with van der Waals surface area (Å²) in [6.45, 7) is -0.416. The lowest BCUT2D eigenvalue weighted by Crippen LogP contribution is -2.47. The smallest absolute Gasteiger partial charge is 0.330 e. The molecule has 0 aromatic carbocycles. The number of carbonyl (C=O) groups is 1. The summed E-state index contributed by atoms with van der Waals surface area (Å²) in [6, 6.07) is -1.55. The number of rotatable bonds is 6. The predicted octanol–water partition coefficient (Wildman–Crippen LogP) is -2.54. The van der Waals surface area contributed by atoms with Crippen molar-refractivity contribution in [1.82, 2.24) is 13.9 Å². The van der Waals surface area contributed by atoms with Gasteiger partial charge in [0.15, 0.2) is 4.90 Å². The normalized spacial score (nSPS) is 13.1. The Morgan fingerprint density at radius 3 is 2.48 bits per heavy atom. The number of nitrogens with zero attached hydrogens (tertiary/aromatic N) is 2. The summed E-state index contributed by atoms with van der Waals surface area (Å²) in [4.78, 5) is 33.5. The zero-order valence-electron chi connectivity index (χ0n) is 11.6. The van der Waals surface area contributed by atoms with Crippen molar-refractivity contribution in [3.05, 3.63) is 27.0 Å². The van der Waals surface area contributed by atoms with Gasteiger partial charge in [-0.3, -0.25) is 14.2 Å². The topological polar surface area (TPSA) is 137 Å². The highest BCUT2D eigenvalue weighted by molar-refractivity contribution is 7.89. The van der Waals surface area contributed by atoms with E-state index in [2.05, 4.69) is 4.74 Å². The molecule has 11 heteroatoms. The summed E-state index contributed by atoms with van der Waals surface area (Å²) in [5.41, 5.74) is -1.75. The quantitative estimate of drug-likeness (QED) is 0.589. The lowest BCUT2D eigenvalue weighted by Gasteiger charge is -2.14. The minimum Gasteiger partial charge on any atom is -0.480 e. The summed E-state index contributed by atoms with van der Waals surface area (Å²) < 4.78 is 32.2. The van der Waals surface area contributed by atoms with E-state index in [4.69, 9.17) is 5.11 Å². The molecule has 0 spiro atoms. The first-order valence-corrected chi connectivity index (χ1v) is 7.11. The molecule has 10 nitrogen and oxygen atoms in total. The van der Waals surface area contributed by atoms with E-state index in [1.807, 2.05) is 4.72 Å². The van der Waals surface area contributed by atoms with Gasteiger partial charge in [0.2, 0.25) is 10.0 Å². The van der Waals surface area contributed by atoms with Crippen LogP contribution < -0.4 is 16.0 Å². The van der Waals surface area contributed by atoms with E-state index in [0.29, 0.717) is 4.57 Å². The minimum absolute atomic E-state index is 0.416. The highest BCUT2D eigenvalue weighted by atomic mass is 32.2. The highest BCUT2D eigenvalue weighted by Crippen LogP contribution is 2.02. The number of sulfonamides is 1. The number of aromatic nitrogens is 2. The van der Waals surface area contributed by atoms with Crippen LogP contribution in [0.15, 0.2) is 20.7 Å². The number of methoxy groups -OCH3 is 1. The molecule has 0 amide bonds. The largest absolute Gasteiger partial charge is 0.480 e. The second-order valence-electron chi connectivity index (χ2n) is 4.22. The van der Waals surface area contributed by atoms with Crippen LogP contribution in [-0.2, 0) is 33.7 Å². The Labute approximate surface area is 119 Å². The van der Waals surface area contributed by atoms with Crippen molar-refractivity contribution in [2.45, 2.75) is 10.9 Å². The molecule has 0 bridgehead atoms. The standard InChI is InChI=1S/C10H15N3O7S/c1-12-4-7(8(14)13(2)10(12)17)21(18,19)11-6(5-20-3)9(15)16/h4,6,11H,5H2,1-3H3,(H,15,16). The molecule has 2 N–H and O–H groups in total. The lowest BCUT2D eigenvalue weighted by molar-refractivity contribution is -0.140. The second kappa shape index (κ2) is 6.20. The SMILES string of the molecule is COCC(NS(=O)(=O)c1cn(C)c(=O)n(C)c1=O)C(=O)O. The Morgan fingerprint density at radius 1 is 1.43 bits per heavy atom. The first-order valence-electron chi connectivity index (χ1n) is 5.62. The minimum atomic E-state index is -4.42. The van der Waals surface area contributed by atoms with Crippen molar-refractivity contribution in [2.24, 2.45) is 14.1 Å². The van der Waals surface area contributed by atoms with E-state index in [1.165, 1.54) is 14.2 Å². The summed E-state index contributed by atoms with van der Waals surface area (Å²) >= 11 is 0. The monoisotopic (exact) mass is 321 g/mol. The molecule has 1 atom stereocenters. The highest BCUT2D eigenvalue weighted by Gasteiger charge is 2.28. The number of carboxylic acid groups (broad SMARTS) is 1. The molecule has 1 heterocycles. The van der Waals surface area contributed by atoms with E-state index in [1.54, 1.807) is 0 Å². The Balaban J connectivity index is 3.36. The van der Waals surface area contributed by atoms with Gasteiger partial charge in [0.25, 0.3) is 5.56 Å². The molecule has 0 aliphatic heterocycles. The van der Waals surface area contributed by atoms with Crippen LogP contribution in [0.3, 0.4) is 0 Å². The maximum absolute atomic E-state index is 12.1. The number of nitrogens with one attached hydrogen (secondary N) is 1. The van der Waals surface area contributed by atoms with Gasteiger partial charge in [0.1, 0.15) is 6.04 Å². The maximum Gasteiger partial charge on any atom is 0.330 e. The van der Waals surface area contributed by atoms with Crippen LogP contribution in [-0.4, -0.2) is 48.4 Å². The number of hydrogen-bond donors (Lipinski definition) is 2. The van der Waals surface area contributed by atoms with E-state index in [-0.39, 0.29) is 0 Å². The Morgan fingerprint density at radius 2 is 2.00 bits per heavy atom. The van der Waals surface area contributed by atoms with E-state index >= 15 is 0 Å². The molecule has 1 unspecified atom stereocenters. The molecule has 0 saturated heterocycles. The van der Waals surface area contributed by atoms with Gasteiger partial charge in [-0.25, -0.2) is 13.2 Å². The van der Waals surface area contributed by atoms with Gasteiger partial charge in [-0.15, -0.1) is 0 Å². The van der Waals surface area contributed by atoms with Gasteiger partial charge < -0.3 is 14.4 Å². The number of hydrogen-bond acceptors (Lipinski definition) is 6. The van der Waals surface area contributed by atoms with Gasteiger partial charge >= 0.3 is 11.7 Å². The van der Waals surface area contributed by atoms with Crippen molar-refractivity contribution < 1.29 is 23.1 Å². The number of carboxylic acids is 1. The van der Waals surface area contributed by atoms with Crippen LogP contribution in [0.25, 0.3) is 0 Å². The number of aliphatic carboxylic acids is 1. The third-order valence-corrected chi connectivity index (χ3v) is 4.09. The lowest BCUT2D eigenvalue weighted by atomic mass is 10.3. The van der Waals surface area contributed by atoms with Crippen molar-refractivity contribution in [3.63, 3.8) is 0 Å². The van der Waals surface area contributed by atoms with Gasteiger partial charge in [0, 0.05) is 27.4 Å². The molecule has 0 aliphatic rings.